The molecule has 0 atom stereocenters. The number of nitrogens with one attached hydrogen (secondary N) is 2. The zero-order valence-electron chi connectivity index (χ0n) is 17.6. The summed E-state index contributed by atoms with van der Waals surface area (Å²) in [7, 11) is 0. The van der Waals surface area contributed by atoms with Crippen LogP contribution in [0.2, 0.25) is 0 Å². The molecule has 12 heteroatoms. The van der Waals surface area contributed by atoms with Crippen LogP contribution in [0.5, 0.6) is 0 Å². The maximum Gasteiger partial charge on any atom is 0.274 e. The summed E-state index contributed by atoms with van der Waals surface area (Å²) in [6.45, 7) is 2.76. The zero-order valence-corrected chi connectivity index (χ0v) is 18.5. The van der Waals surface area contributed by atoms with Crippen LogP contribution in [-0.4, -0.2) is 50.2 Å². The van der Waals surface area contributed by atoms with E-state index in [0.29, 0.717) is 23.8 Å². The lowest BCUT2D eigenvalue weighted by atomic mass is 10.1. The fourth-order valence-corrected chi connectivity index (χ4v) is 4.20. The number of halogens is 2. The molecule has 0 aliphatic carbocycles. The second-order valence-electron chi connectivity index (χ2n) is 7.60. The molecule has 2 amide bonds. The number of nitrogens with two attached hydrogens (primary N) is 1. The number of amides is 2. The van der Waals surface area contributed by atoms with Crippen LogP contribution in [0.25, 0.3) is 0 Å². The molecule has 1 saturated heterocycles. The number of benzene rings is 1. The van der Waals surface area contributed by atoms with Gasteiger partial charge in [-0.1, -0.05) is 0 Å². The van der Waals surface area contributed by atoms with Gasteiger partial charge in [-0.05, 0) is 43.4 Å². The van der Waals surface area contributed by atoms with Crippen LogP contribution in [-0.2, 0) is 0 Å². The van der Waals surface area contributed by atoms with E-state index in [1.807, 2.05) is 0 Å². The molecular weight excluding hydrogens is 452 g/mol. The van der Waals surface area contributed by atoms with E-state index in [1.165, 1.54) is 18.5 Å². The number of nitrogens with zero attached hydrogens (tertiary/aromatic N) is 4. The van der Waals surface area contributed by atoms with E-state index >= 15 is 0 Å². The minimum atomic E-state index is -1.07. The second kappa shape index (κ2) is 9.55. The molecule has 1 aliphatic rings. The minimum Gasteiger partial charge on any atom is -0.337 e. The summed E-state index contributed by atoms with van der Waals surface area (Å²) in [6.07, 6.45) is 4.27. The number of hydrogen-bond donors (Lipinski definition) is 3. The molecule has 1 aliphatic heterocycles. The second-order valence-corrected chi connectivity index (χ2v) is 8.37. The van der Waals surface area contributed by atoms with Crippen LogP contribution >= 0.6 is 11.5 Å². The van der Waals surface area contributed by atoms with Gasteiger partial charge in [-0.2, -0.15) is 4.37 Å². The van der Waals surface area contributed by atoms with Gasteiger partial charge in [-0.15, -0.1) is 0 Å². The van der Waals surface area contributed by atoms with Crippen molar-refractivity contribution >= 4 is 39.9 Å². The first-order chi connectivity index (χ1) is 15.8. The monoisotopic (exact) mass is 473 g/mol. The molecule has 172 valence electrons. The van der Waals surface area contributed by atoms with Crippen LogP contribution < -0.4 is 16.4 Å². The fourth-order valence-electron chi connectivity index (χ4n) is 3.40. The van der Waals surface area contributed by atoms with Crippen molar-refractivity contribution in [3.05, 3.63) is 59.2 Å². The molecule has 0 radical (unpaired) electrons. The predicted octanol–water partition coefficient (Wildman–Crippen LogP) is 3.08. The SMILES string of the molecule is Cc1nsc(Nc2cncc(C(=O)N3CCC(N)CC3)n2)c1C(=O)Nc1ccc(F)c(F)c1. The lowest BCUT2D eigenvalue weighted by Crippen LogP contribution is -2.43. The Bertz CT molecular complexity index is 1200. The number of hydrogen-bond acceptors (Lipinski definition) is 8. The minimum absolute atomic E-state index is 0.0960. The van der Waals surface area contributed by atoms with Gasteiger partial charge >= 0.3 is 0 Å². The van der Waals surface area contributed by atoms with Crippen LogP contribution in [0.15, 0.2) is 30.6 Å². The van der Waals surface area contributed by atoms with E-state index in [9.17, 15) is 18.4 Å². The standard InChI is InChI=1S/C21H21F2N7O2S/c1-11-18(19(31)26-13-2-3-14(22)15(23)8-13)20(33-29-11)28-17-10-25-9-16(27-17)21(32)30-6-4-12(24)5-7-30/h2-3,8-10,12H,4-7,24H2,1H3,(H,26,31)(H,27,28). The van der Waals surface area contributed by atoms with Gasteiger partial charge in [0.1, 0.15) is 16.5 Å². The number of likely N-dealkylation sites (tertiary alicyclic amines) is 1. The average Bonchev–Trinajstić information content (AvgIpc) is 3.16. The summed E-state index contributed by atoms with van der Waals surface area (Å²) in [5.74, 6) is -2.61. The molecule has 3 heterocycles. The van der Waals surface area contributed by atoms with Crippen molar-refractivity contribution in [2.45, 2.75) is 25.8 Å². The summed E-state index contributed by atoms with van der Waals surface area (Å²) in [4.78, 5) is 35.7. The van der Waals surface area contributed by atoms with Gasteiger partial charge in [0.25, 0.3) is 11.8 Å². The summed E-state index contributed by atoms with van der Waals surface area (Å²) in [5, 5.41) is 5.88. The van der Waals surface area contributed by atoms with Gasteiger partial charge in [0.15, 0.2) is 11.6 Å². The first-order valence-electron chi connectivity index (χ1n) is 10.2. The smallest absolute Gasteiger partial charge is 0.274 e. The van der Waals surface area contributed by atoms with Crippen molar-refractivity contribution in [2.75, 3.05) is 23.7 Å². The maximum atomic E-state index is 13.5. The Morgan fingerprint density at radius 2 is 1.94 bits per heavy atom. The molecule has 33 heavy (non-hydrogen) atoms. The Balaban J connectivity index is 1.51. The Morgan fingerprint density at radius 1 is 1.18 bits per heavy atom. The summed E-state index contributed by atoms with van der Waals surface area (Å²) in [6, 6.07) is 3.17. The van der Waals surface area contributed by atoms with E-state index in [1.54, 1.807) is 11.8 Å². The third kappa shape index (κ3) is 5.12. The van der Waals surface area contributed by atoms with Crippen molar-refractivity contribution in [2.24, 2.45) is 5.73 Å². The number of aromatic nitrogens is 3. The van der Waals surface area contributed by atoms with Gasteiger partial charge in [-0.3, -0.25) is 14.6 Å². The quantitative estimate of drug-likeness (QED) is 0.520. The van der Waals surface area contributed by atoms with E-state index < -0.39 is 17.5 Å². The molecule has 0 bridgehead atoms. The maximum absolute atomic E-state index is 13.5. The van der Waals surface area contributed by atoms with Gasteiger partial charge in [0.2, 0.25) is 0 Å². The van der Waals surface area contributed by atoms with Gasteiger partial charge < -0.3 is 21.3 Å². The number of carbonyl (C=O) groups excluding carboxylic acids is 2. The van der Waals surface area contributed by atoms with E-state index in [4.69, 9.17) is 5.73 Å². The summed E-state index contributed by atoms with van der Waals surface area (Å²) in [5.41, 5.74) is 6.83. The van der Waals surface area contributed by atoms with Crippen LogP contribution in [0, 0.1) is 18.6 Å². The molecule has 9 nitrogen and oxygen atoms in total. The van der Waals surface area contributed by atoms with Gasteiger partial charge in [0.05, 0.1) is 23.7 Å². The lowest BCUT2D eigenvalue weighted by molar-refractivity contribution is 0.0708. The molecule has 0 unspecified atom stereocenters. The molecule has 4 rings (SSSR count). The number of carbonyl (C=O) groups is 2. The highest BCUT2D eigenvalue weighted by Gasteiger charge is 2.24. The highest BCUT2D eigenvalue weighted by molar-refractivity contribution is 7.10. The predicted molar refractivity (Wildman–Crippen MR) is 120 cm³/mol. The van der Waals surface area contributed by atoms with Crippen molar-refractivity contribution in [1.82, 2.24) is 19.2 Å². The number of rotatable bonds is 5. The zero-order chi connectivity index (χ0) is 23.5. The largest absolute Gasteiger partial charge is 0.337 e. The molecule has 3 aromatic rings. The van der Waals surface area contributed by atoms with Crippen LogP contribution in [0.1, 0.15) is 39.4 Å². The summed E-state index contributed by atoms with van der Waals surface area (Å²) >= 11 is 1.03. The van der Waals surface area contributed by atoms with Gasteiger partial charge in [0, 0.05) is 30.9 Å². The third-order valence-electron chi connectivity index (χ3n) is 5.19. The van der Waals surface area contributed by atoms with Crippen molar-refractivity contribution in [3.63, 3.8) is 0 Å². The average molecular weight is 474 g/mol. The van der Waals surface area contributed by atoms with E-state index in [0.717, 1.165) is 36.5 Å². The molecule has 1 fully saturated rings. The first-order valence-corrected chi connectivity index (χ1v) is 11.0. The normalized spacial score (nSPS) is 14.2. The van der Waals surface area contributed by atoms with Crippen LogP contribution in [0.3, 0.4) is 0 Å². The molecule has 2 aromatic heterocycles. The van der Waals surface area contributed by atoms with Gasteiger partial charge in [-0.25, -0.2) is 13.8 Å². The molecule has 0 saturated carbocycles. The summed E-state index contributed by atoms with van der Waals surface area (Å²) < 4.78 is 30.8. The van der Waals surface area contributed by atoms with Crippen molar-refractivity contribution in [3.8, 4) is 0 Å². The first kappa shape index (κ1) is 22.7. The Morgan fingerprint density at radius 3 is 2.67 bits per heavy atom. The highest BCUT2D eigenvalue weighted by atomic mass is 32.1. The van der Waals surface area contributed by atoms with E-state index in [2.05, 4.69) is 25.0 Å². The van der Waals surface area contributed by atoms with Crippen molar-refractivity contribution < 1.29 is 18.4 Å². The number of aryl methyl sites for hydroxylation is 1. The topological polar surface area (TPSA) is 126 Å². The molecule has 4 N–H and O–H groups in total. The molecule has 0 spiro atoms. The fraction of sp³-hybridized carbons (Fsp3) is 0.286. The Kier molecular flexibility index (Phi) is 6.56. The van der Waals surface area contributed by atoms with E-state index in [-0.39, 0.29) is 34.7 Å². The number of piperidine rings is 1. The molecular formula is C21H21F2N7O2S. The molecule has 1 aromatic carbocycles. The number of anilines is 3. The lowest BCUT2D eigenvalue weighted by Gasteiger charge is -2.29. The highest BCUT2D eigenvalue weighted by Crippen LogP contribution is 2.28. The van der Waals surface area contributed by atoms with Crippen LogP contribution in [0.4, 0.5) is 25.3 Å². The van der Waals surface area contributed by atoms with Crippen molar-refractivity contribution in [1.29, 1.82) is 0 Å². The third-order valence-corrected chi connectivity index (χ3v) is 6.04. The Labute approximate surface area is 192 Å². The Hall–Kier alpha value is -3.51.